The van der Waals surface area contributed by atoms with Gasteiger partial charge in [0, 0.05) is 11.8 Å². The molecule has 3 nitrogen and oxygen atoms in total. The maximum absolute atomic E-state index is 13.9. The molecule has 2 rings (SSSR count). The Kier molecular flexibility index (Phi) is 7.71. The first-order chi connectivity index (χ1) is 12.8. The van der Waals surface area contributed by atoms with E-state index in [-0.39, 0.29) is 31.4 Å². The van der Waals surface area contributed by atoms with Crippen molar-refractivity contribution in [2.24, 2.45) is 23.2 Å². The third-order valence-electron chi connectivity index (χ3n) is 6.26. The molecule has 12 heteroatoms. The zero-order valence-corrected chi connectivity index (χ0v) is 17.3. The van der Waals surface area contributed by atoms with Crippen molar-refractivity contribution in [3.63, 3.8) is 0 Å². The van der Waals surface area contributed by atoms with E-state index in [1.54, 1.807) is 13.8 Å². The predicted octanol–water partition coefficient (Wildman–Crippen LogP) is 5.95. The highest BCUT2D eigenvalue weighted by molar-refractivity contribution is 7.87. The van der Waals surface area contributed by atoms with Crippen LogP contribution in [0.4, 0.5) is 35.1 Å². The number of rotatable bonds is 5. The summed E-state index contributed by atoms with van der Waals surface area (Å²) in [4.78, 5) is 0. The van der Waals surface area contributed by atoms with Crippen LogP contribution in [0, 0.1) is 23.2 Å². The number of halogens is 8. The van der Waals surface area contributed by atoms with Gasteiger partial charge in [0.25, 0.3) is 16.0 Å². The fourth-order valence-corrected chi connectivity index (χ4v) is 4.59. The van der Waals surface area contributed by atoms with Gasteiger partial charge in [-0.1, -0.05) is 6.92 Å². The molecule has 4 unspecified atom stereocenters. The predicted molar refractivity (Wildman–Crippen MR) is 89.8 cm³/mol. The normalized spacial score (nSPS) is 28.1. The molecule has 0 saturated heterocycles. The van der Waals surface area contributed by atoms with Crippen molar-refractivity contribution in [1.82, 2.24) is 0 Å². The third-order valence-corrected chi connectivity index (χ3v) is 8.04. The molecular formula is C17H26F8O3S. The summed E-state index contributed by atoms with van der Waals surface area (Å²) in [5, 5.41) is -0.387. The van der Waals surface area contributed by atoms with E-state index < -0.39 is 58.0 Å². The van der Waals surface area contributed by atoms with Crippen molar-refractivity contribution >= 4 is 10.1 Å². The Morgan fingerprint density at radius 2 is 1.55 bits per heavy atom. The summed E-state index contributed by atoms with van der Waals surface area (Å²) >= 11 is 0. The summed E-state index contributed by atoms with van der Waals surface area (Å²) in [5.41, 5.74) is -4.08. The van der Waals surface area contributed by atoms with Crippen LogP contribution in [0.25, 0.3) is 0 Å². The van der Waals surface area contributed by atoms with Gasteiger partial charge in [0.05, 0.1) is 12.4 Å². The fraction of sp³-hybridized carbons (Fsp3) is 1.00. The van der Waals surface area contributed by atoms with Gasteiger partial charge in [0.15, 0.2) is 5.41 Å². The average Bonchev–Trinajstić information content (AvgIpc) is 3.14. The molecule has 0 amide bonds. The SMILES string of the molecule is CC(CC1C2CCC(C2)C1(F)F)(C(F)(F)F)C(F)(F)F.CCC(C)S(=O)(=O)OC. The van der Waals surface area contributed by atoms with Crippen molar-refractivity contribution in [1.29, 1.82) is 0 Å². The van der Waals surface area contributed by atoms with E-state index in [4.69, 9.17) is 0 Å². The number of alkyl halides is 8. The average molecular weight is 462 g/mol. The molecule has 2 bridgehead atoms. The van der Waals surface area contributed by atoms with Crippen molar-refractivity contribution < 1.29 is 47.7 Å². The highest BCUT2D eigenvalue weighted by Crippen LogP contribution is 2.63. The lowest BCUT2D eigenvalue weighted by Crippen LogP contribution is -2.51. The van der Waals surface area contributed by atoms with Gasteiger partial charge in [-0.25, -0.2) is 8.78 Å². The largest absolute Gasteiger partial charge is 0.402 e. The van der Waals surface area contributed by atoms with Crippen molar-refractivity contribution in [2.75, 3.05) is 7.11 Å². The topological polar surface area (TPSA) is 43.4 Å². The first-order valence-corrected chi connectivity index (χ1v) is 10.6. The van der Waals surface area contributed by atoms with Gasteiger partial charge in [-0.3, -0.25) is 4.18 Å². The minimum atomic E-state index is -5.59. The molecule has 4 atom stereocenters. The Labute approximate surface area is 165 Å². The second-order valence-corrected chi connectivity index (χ2v) is 10.1. The minimum Gasteiger partial charge on any atom is -0.273 e. The molecule has 0 spiro atoms. The molecule has 0 radical (unpaired) electrons. The van der Waals surface area contributed by atoms with Crippen LogP contribution in [-0.2, 0) is 14.3 Å². The van der Waals surface area contributed by atoms with Crippen LogP contribution in [0.1, 0.15) is 52.9 Å². The second-order valence-electron chi connectivity index (χ2n) is 7.96. The van der Waals surface area contributed by atoms with E-state index in [0.717, 1.165) is 0 Å². The number of hydrogen-bond donors (Lipinski definition) is 0. The van der Waals surface area contributed by atoms with Crippen LogP contribution in [0.3, 0.4) is 0 Å². The molecule has 0 aromatic carbocycles. The summed E-state index contributed by atoms with van der Waals surface area (Å²) in [7, 11) is -2.07. The molecule has 2 aliphatic carbocycles. The lowest BCUT2D eigenvalue weighted by Gasteiger charge is -2.40. The standard InChI is InChI=1S/C12H14F8.C5H12O3S/c1-9(11(15,16)17,12(18,19)20)5-8-6-2-3-7(4-6)10(8,13)14;1-4-5(2)9(6,7)8-3/h6-8H,2-5H2,1H3;5H,4H2,1-3H3. The Balaban J connectivity index is 0.000000396. The molecular weight excluding hydrogens is 436 g/mol. The van der Waals surface area contributed by atoms with Crippen LogP contribution in [0.2, 0.25) is 0 Å². The maximum atomic E-state index is 13.9. The molecule has 0 aromatic heterocycles. The molecule has 0 heterocycles. The van der Waals surface area contributed by atoms with Gasteiger partial charge in [0.2, 0.25) is 0 Å². The zero-order chi connectivity index (χ0) is 23.1. The molecule has 2 fully saturated rings. The monoisotopic (exact) mass is 462 g/mol. The number of hydrogen-bond acceptors (Lipinski definition) is 3. The van der Waals surface area contributed by atoms with E-state index in [0.29, 0.717) is 6.42 Å². The lowest BCUT2D eigenvalue weighted by atomic mass is 9.72. The summed E-state index contributed by atoms with van der Waals surface area (Å²) in [6, 6.07) is 0. The van der Waals surface area contributed by atoms with E-state index in [1.165, 1.54) is 7.11 Å². The van der Waals surface area contributed by atoms with Crippen LogP contribution in [0.15, 0.2) is 0 Å². The van der Waals surface area contributed by atoms with Gasteiger partial charge in [-0.15, -0.1) is 0 Å². The number of fused-ring (bicyclic) bond motifs is 2. The Morgan fingerprint density at radius 1 is 1.07 bits per heavy atom. The minimum absolute atomic E-state index is 0.0188. The second kappa shape index (κ2) is 8.47. The molecule has 29 heavy (non-hydrogen) atoms. The Morgan fingerprint density at radius 3 is 1.83 bits per heavy atom. The van der Waals surface area contributed by atoms with Gasteiger partial charge >= 0.3 is 12.4 Å². The molecule has 174 valence electrons. The highest BCUT2D eigenvalue weighted by atomic mass is 32.2. The van der Waals surface area contributed by atoms with Crippen molar-refractivity contribution in [2.45, 2.75) is 76.4 Å². The summed E-state index contributed by atoms with van der Waals surface area (Å²) in [5.74, 6) is -7.07. The molecule has 0 aromatic rings. The quantitative estimate of drug-likeness (QED) is 0.375. The van der Waals surface area contributed by atoms with Crippen molar-refractivity contribution in [3.8, 4) is 0 Å². The maximum Gasteiger partial charge on any atom is 0.402 e. The van der Waals surface area contributed by atoms with Crippen LogP contribution >= 0.6 is 0 Å². The van der Waals surface area contributed by atoms with E-state index >= 15 is 0 Å². The zero-order valence-electron chi connectivity index (χ0n) is 16.5. The first-order valence-electron chi connectivity index (χ1n) is 9.15. The van der Waals surface area contributed by atoms with Crippen LogP contribution in [0.5, 0.6) is 0 Å². The van der Waals surface area contributed by atoms with Gasteiger partial charge < -0.3 is 0 Å². The summed E-state index contributed by atoms with van der Waals surface area (Å²) in [6.07, 6.45) is -11.7. The van der Waals surface area contributed by atoms with Crippen LogP contribution < -0.4 is 0 Å². The van der Waals surface area contributed by atoms with Gasteiger partial charge in [0.1, 0.15) is 0 Å². The van der Waals surface area contributed by atoms with E-state index in [9.17, 15) is 43.5 Å². The van der Waals surface area contributed by atoms with Gasteiger partial charge in [-0.2, -0.15) is 34.8 Å². The smallest absolute Gasteiger partial charge is 0.273 e. The van der Waals surface area contributed by atoms with Crippen LogP contribution in [-0.4, -0.2) is 39.1 Å². The van der Waals surface area contributed by atoms with Crippen molar-refractivity contribution in [3.05, 3.63) is 0 Å². The van der Waals surface area contributed by atoms with E-state index in [1.807, 2.05) is 0 Å². The summed E-state index contributed by atoms with van der Waals surface area (Å²) < 4.78 is 130. The van der Waals surface area contributed by atoms with E-state index in [2.05, 4.69) is 4.18 Å². The molecule has 0 N–H and O–H groups in total. The molecule has 2 saturated carbocycles. The first kappa shape index (κ1) is 26.4. The third kappa shape index (κ3) is 5.16. The molecule has 2 aliphatic rings. The van der Waals surface area contributed by atoms with Gasteiger partial charge in [-0.05, 0) is 51.9 Å². The fourth-order valence-electron chi connectivity index (χ4n) is 3.85. The highest BCUT2D eigenvalue weighted by Gasteiger charge is 2.71. The lowest BCUT2D eigenvalue weighted by molar-refractivity contribution is -0.344. The Bertz CT molecular complexity index is 643. The summed E-state index contributed by atoms with van der Waals surface area (Å²) in [6.45, 7) is 3.41. The molecule has 0 aliphatic heterocycles. The Hall–Kier alpha value is -0.650.